The Morgan fingerprint density at radius 3 is 0.795 bits per heavy atom. The highest BCUT2D eigenvalue weighted by Gasteiger charge is 2.26. The monoisotopic (exact) mass is 1110 g/mol. The topological polar surface area (TPSA) is 332 Å². The fourth-order valence-electron chi connectivity index (χ4n) is 11.8. The van der Waals surface area contributed by atoms with E-state index < -0.39 is 0 Å². The summed E-state index contributed by atoms with van der Waals surface area (Å²) in [5.41, 5.74) is 9.13. The first-order chi connectivity index (χ1) is 43.0. The van der Waals surface area contributed by atoms with Gasteiger partial charge in [-0.3, -0.25) is 4.98 Å². The van der Waals surface area contributed by atoms with E-state index in [-0.39, 0.29) is 83.5 Å². The van der Waals surface area contributed by atoms with Crippen molar-refractivity contribution in [3.8, 4) is 146 Å². The summed E-state index contributed by atoms with van der Waals surface area (Å²) in [6, 6.07) is 67.6. The van der Waals surface area contributed by atoms with Gasteiger partial charge in [-0.1, -0.05) is 30.3 Å². The van der Waals surface area contributed by atoms with Crippen LogP contribution in [0.3, 0.4) is 0 Å². The van der Waals surface area contributed by atoms with Gasteiger partial charge in [-0.15, -0.1) is 0 Å². The summed E-state index contributed by atoms with van der Waals surface area (Å²) in [6.45, 7) is 0. The molecule has 0 bridgehead atoms. The average molecular weight is 1120 g/mol. The SMILES string of the molecule is N#Cc1cc(C#N)c(-c2ccc3c(c2)c2cc(-c4c(C#N)cc(C#N)cc4C#N)ccc2n3-c2cnccc2-c2ccc(C#N)cc2-n2c3ccc(-c4c(C#N)cc(C#N)cc4C#N)cc3c3cc(-c4c(C#N)cc(C#N)cc4C#N)ccc32)c(C#N)c1. The number of nitrogens with zero attached hydrogens (tertiary/aromatic N) is 16. The van der Waals surface area contributed by atoms with E-state index in [1.165, 1.54) is 48.5 Å². The third-order valence-electron chi connectivity index (χ3n) is 15.4. The molecule has 0 radical (unpaired) electrons. The Kier molecular flexibility index (Phi) is 13.1. The van der Waals surface area contributed by atoms with E-state index in [0.717, 1.165) is 0 Å². The van der Waals surface area contributed by atoms with Crippen LogP contribution in [0, 0.1) is 147 Å². The van der Waals surface area contributed by atoms with Gasteiger partial charge >= 0.3 is 0 Å². The number of nitriles is 13. The second kappa shape index (κ2) is 21.5. The van der Waals surface area contributed by atoms with Gasteiger partial charge in [-0.05, 0) is 138 Å². The minimum Gasteiger partial charge on any atom is -0.309 e. The Morgan fingerprint density at radius 1 is 0.250 bits per heavy atom. The Labute approximate surface area is 499 Å². The molecule has 0 atom stereocenters. The highest BCUT2D eigenvalue weighted by molar-refractivity contribution is 6.14. The van der Waals surface area contributed by atoms with Crippen LogP contribution in [-0.2, 0) is 0 Å². The Balaban J connectivity index is 1.16. The molecule has 88 heavy (non-hydrogen) atoms. The van der Waals surface area contributed by atoms with E-state index in [1.807, 2.05) is 94.1 Å². The van der Waals surface area contributed by atoms with Crippen LogP contribution in [0.2, 0.25) is 0 Å². The molecule has 0 fully saturated rings. The molecule has 0 saturated heterocycles. The predicted octanol–water partition coefficient (Wildman–Crippen LogP) is 13.9. The molecule has 0 spiro atoms. The van der Waals surface area contributed by atoms with Crippen LogP contribution in [0.15, 0.2) is 158 Å². The van der Waals surface area contributed by atoms with Gasteiger partial charge in [0.25, 0.3) is 0 Å². The number of pyridine rings is 1. The molecule has 0 N–H and O–H groups in total. The number of hydrogen-bond acceptors (Lipinski definition) is 14. The van der Waals surface area contributed by atoms with Crippen LogP contribution in [0.5, 0.6) is 0 Å². The van der Waals surface area contributed by atoms with Gasteiger partial charge in [-0.2, -0.15) is 68.4 Å². The Hall–Kier alpha value is -14.9. The average Bonchev–Trinajstić information content (AvgIpc) is 1.63. The third-order valence-corrected chi connectivity index (χ3v) is 15.4. The molecule has 0 aliphatic rings. The van der Waals surface area contributed by atoms with Crippen molar-refractivity contribution in [2.45, 2.75) is 0 Å². The first-order valence-electron chi connectivity index (χ1n) is 26.2. The molecule has 0 amide bonds. The van der Waals surface area contributed by atoms with E-state index in [2.05, 4.69) is 59.6 Å². The van der Waals surface area contributed by atoms with Gasteiger partial charge in [0.1, 0.15) is 0 Å². The van der Waals surface area contributed by atoms with Crippen molar-refractivity contribution in [2.75, 3.05) is 0 Å². The molecule has 9 aromatic carbocycles. The fourth-order valence-corrected chi connectivity index (χ4v) is 11.8. The van der Waals surface area contributed by atoms with E-state index >= 15 is 0 Å². The summed E-state index contributed by atoms with van der Waals surface area (Å²) >= 11 is 0. The van der Waals surface area contributed by atoms with Crippen LogP contribution in [0.25, 0.3) is 111 Å². The minimum absolute atomic E-state index is 0.0854. The Morgan fingerprint density at radius 2 is 0.523 bits per heavy atom. The molecule has 12 aromatic rings. The van der Waals surface area contributed by atoms with Gasteiger partial charge in [0.2, 0.25) is 0 Å². The quantitative estimate of drug-likeness (QED) is 0.143. The second-order valence-corrected chi connectivity index (χ2v) is 20.0. The Bertz CT molecular complexity index is 5380. The molecule has 3 heterocycles. The van der Waals surface area contributed by atoms with Gasteiger partial charge in [-0.25, -0.2) is 0 Å². The largest absolute Gasteiger partial charge is 0.309 e. The van der Waals surface area contributed by atoms with Crippen LogP contribution in [-0.4, -0.2) is 14.1 Å². The number of aromatic nitrogens is 3. The zero-order valence-corrected chi connectivity index (χ0v) is 45.2. The summed E-state index contributed by atoms with van der Waals surface area (Å²) < 4.78 is 3.94. The van der Waals surface area contributed by atoms with E-state index in [4.69, 9.17) is 0 Å². The number of hydrogen-bond donors (Lipinski definition) is 0. The van der Waals surface area contributed by atoms with E-state index in [1.54, 1.807) is 48.8 Å². The smallest absolute Gasteiger partial charge is 0.0999 e. The minimum atomic E-state index is 0.0854. The second-order valence-electron chi connectivity index (χ2n) is 20.0. The van der Waals surface area contributed by atoms with Crippen molar-refractivity contribution in [2.24, 2.45) is 0 Å². The van der Waals surface area contributed by atoms with E-state index in [0.29, 0.717) is 99.5 Å². The van der Waals surface area contributed by atoms with Crippen molar-refractivity contribution in [3.05, 3.63) is 230 Å². The van der Waals surface area contributed by atoms with Crippen LogP contribution < -0.4 is 0 Å². The molecule has 0 aliphatic heterocycles. The maximum atomic E-state index is 10.7. The van der Waals surface area contributed by atoms with Gasteiger partial charge in [0.15, 0.2) is 0 Å². The number of benzene rings is 9. The summed E-state index contributed by atoms with van der Waals surface area (Å²) in [5, 5.41) is 136. The lowest BCUT2D eigenvalue weighted by molar-refractivity contribution is 1.13. The standard InChI is InChI=1S/C72H26N16/c73-26-40-1-6-57(67(21-40)87-63-7-2-45(69-49(31-78)13-41(27-74)14-50(69)32-79)22-59(63)60-23-46(3-8-64(60)87)70-51(33-80)15-42(28-75)16-52(70)34-81)58-11-12-86-39-68(58)88-65-9-4-47(71-53(35-82)17-43(29-76)18-54(71)36-83)24-61(65)62-25-48(5-10-66(62)88)72-55(37-84)19-44(30-77)20-56(72)38-85/h1-25,39H. The lowest BCUT2D eigenvalue weighted by atomic mass is 9.91. The van der Waals surface area contributed by atoms with Gasteiger partial charge in [0, 0.05) is 61.1 Å². The van der Waals surface area contributed by atoms with Crippen molar-refractivity contribution in [1.29, 1.82) is 68.4 Å². The lowest BCUT2D eigenvalue weighted by Gasteiger charge is -2.19. The van der Waals surface area contributed by atoms with Crippen LogP contribution >= 0.6 is 0 Å². The zero-order chi connectivity index (χ0) is 61.5. The molecule has 0 saturated carbocycles. The highest BCUT2D eigenvalue weighted by Crippen LogP contribution is 2.46. The highest BCUT2D eigenvalue weighted by atomic mass is 15.0. The first-order valence-corrected chi connectivity index (χ1v) is 26.2. The summed E-state index contributed by atoms with van der Waals surface area (Å²) in [5.74, 6) is 0. The summed E-state index contributed by atoms with van der Waals surface area (Å²) in [7, 11) is 0. The molecule has 394 valence electrons. The van der Waals surface area contributed by atoms with Crippen LogP contribution in [0.1, 0.15) is 72.3 Å². The van der Waals surface area contributed by atoms with Crippen molar-refractivity contribution < 1.29 is 0 Å². The maximum Gasteiger partial charge on any atom is 0.0999 e. The molecule has 12 rings (SSSR count). The normalized spacial score (nSPS) is 10.4. The van der Waals surface area contributed by atoms with Gasteiger partial charge in [0.05, 0.1) is 191 Å². The van der Waals surface area contributed by atoms with Crippen LogP contribution in [0.4, 0.5) is 0 Å². The number of fused-ring (bicyclic) bond motifs is 6. The number of rotatable bonds is 7. The first kappa shape index (κ1) is 53.7. The summed E-state index contributed by atoms with van der Waals surface area (Å²) in [6.07, 6.45) is 3.31. The van der Waals surface area contributed by atoms with Crippen molar-refractivity contribution >= 4 is 43.6 Å². The van der Waals surface area contributed by atoms with Crippen molar-refractivity contribution in [1.82, 2.24) is 14.1 Å². The fraction of sp³-hybridized carbons (Fsp3) is 0. The predicted molar refractivity (Wildman–Crippen MR) is 321 cm³/mol. The molecular formula is C72H26N16. The zero-order valence-electron chi connectivity index (χ0n) is 45.2. The van der Waals surface area contributed by atoms with Crippen molar-refractivity contribution in [3.63, 3.8) is 0 Å². The molecular weight excluding hydrogens is 1090 g/mol. The molecule has 0 aliphatic carbocycles. The van der Waals surface area contributed by atoms with Gasteiger partial charge < -0.3 is 9.13 Å². The molecule has 16 nitrogen and oxygen atoms in total. The third kappa shape index (κ3) is 8.47. The molecule has 3 aromatic heterocycles. The maximum absolute atomic E-state index is 10.7. The summed E-state index contributed by atoms with van der Waals surface area (Å²) in [4.78, 5) is 4.67. The van der Waals surface area contributed by atoms with E-state index in [9.17, 15) is 68.4 Å². The lowest BCUT2D eigenvalue weighted by Crippen LogP contribution is -2.03. The molecule has 16 heteroatoms. The molecule has 0 unspecified atom stereocenters.